The van der Waals surface area contributed by atoms with Gasteiger partial charge in [-0.3, -0.25) is 0 Å². The van der Waals surface area contributed by atoms with Gasteiger partial charge in [0, 0.05) is 6.26 Å². The van der Waals surface area contributed by atoms with E-state index < -0.39 is 9.92 Å². The van der Waals surface area contributed by atoms with Crippen molar-refractivity contribution in [2.45, 2.75) is 38.9 Å². The zero-order chi connectivity index (χ0) is 19.9. The molecule has 27 heavy (non-hydrogen) atoms. The standard InChI is InChI=1S/C20H27BN2O3S/c1-19(2)20(3,4)26-21(25-19)17-11-7-15(8-12-17)16-9-13-18(14-10-16)23-27(6,24)22-5/h7-14H,1-6H3,(H,22,23,24). The zero-order valence-corrected chi connectivity index (χ0v) is 17.6. The van der Waals surface area contributed by atoms with Crippen LogP contribution in [0.5, 0.6) is 0 Å². The average Bonchev–Trinajstić information content (AvgIpc) is 2.83. The minimum atomic E-state index is -2.39. The molecule has 2 aromatic rings. The molecule has 5 nitrogen and oxygen atoms in total. The third kappa shape index (κ3) is 4.27. The number of nitrogens with one attached hydrogen (secondary N) is 1. The Kier molecular flexibility index (Phi) is 5.25. The first kappa shape index (κ1) is 20.1. The van der Waals surface area contributed by atoms with E-state index in [0.29, 0.717) is 5.69 Å². The Morgan fingerprint density at radius 1 is 0.889 bits per heavy atom. The number of rotatable bonds is 4. The molecule has 2 aromatic carbocycles. The topological polar surface area (TPSA) is 59.9 Å². The molecule has 0 bridgehead atoms. The number of benzene rings is 2. The molecule has 7 heteroatoms. The highest BCUT2D eigenvalue weighted by atomic mass is 32.2. The average molecular weight is 386 g/mol. The van der Waals surface area contributed by atoms with Gasteiger partial charge in [-0.1, -0.05) is 36.4 Å². The van der Waals surface area contributed by atoms with E-state index in [2.05, 4.69) is 48.9 Å². The van der Waals surface area contributed by atoms with E-state index in [-0.39, 0.29) is 18.3 Å². The number of hydrogen-bond donors (Lipinski definition) is 1. The van der Waals surface area contributed by atoms with Crippen LogP contribution in [-0.2, 0) is 19.2 Å². The lowest BCUT2D eigenvalue weighted by atomic mass is 9.78. The van der Waals surface area contributed by atoms with Crippen molar-refractivity contribution in [1.29, 1.82) is 0 Å². The molecule has 1 N–H and O–H groups in total. The predicted molar refractivity (Wildman–Crippen MR) is 113 cm³/mol. The second kappa shape index (κ2) is 7.06. The van der Waals surface area contributed by atoms with Crippen LogP contribution >= 0.6 is 0 Å². The second-order valence-electron chi connectivity index (χ2n) is 7.86. The molecule has 3 rings (SSSR count). The molecular weight excluding hydrogens is 359 g/mol. The molecule has 1 fully saturated rings. The van der Waals surface area contributed by atoms with Crippen LogP contribution in [0.3, 0.4) is 0 Å². The van der Waals surface area contributed by atoms with E-state index >= 15 is 0 Å². The lowest BCUT2D eigenvalue weighted by molar-refractivity contribution is 0.00578. The Bertz CT molecular complexity index is 915. The smallest absolute Gasteiger partial charge is 0.399 e. The van der Waals surface area contributed by atoms with Crippen molar-refractivity contribution >= 4 is 28.2 Å². The number of hydrogen-bond acceptors (Lipinski definition) is 4. The van der Waals surface area contributed by atoms with Crippen LogP contribution in [0, 0.1) is 0 Å². The van der Waals surface area contributed by atoms with Gasteiger partial charge in [0.15, 0.2) is 0 Å². The summed E-state index contributed by atoms with van der Waals surface area (Å²) in [6, 6.07) is 15.9. The first-order valence-corrected chi connectivity index (χ1v) is 10.9. The lowest BCUT2D eigenvalue weighted by Gasteiger charge is -2.32. The van der Waals surface area contributed by atoms with Crippen LogP contribution in [0.2, 0.25) is 0 Å². The molecule has 1 unspecified atom stereocenters. The summed E-state index contributed by atoms with van der Waals surface area (Å²) in [7, 11) is -1.10. The van der Waals surface area contributed by atoms with E-state index in [0.717, 1.165) is 16.6 Å². The van der Waals surface area contributed by atoms with Crippen LogP contribution < -0.4 is 10.2 Å². The molecule has 0 saturated carbocycles. The van der Waals surface area contributed by atoms with Gasteiger partial charge < -0.3 is 9.31 Å². The Morgan fingerprint density at radius 2 is 1.33 bits per heavy atom. The highest BCUT2D eigenvalue weighted by Crippen LogP contribution is 2.36. The van der Waals surface area contributed by atoms with Crippen molar-refractivity contribution in [2.75, 3.05) is 13.3 Å². The SMILES string of the molecule is CNS(C)(=O)=Nc1ccc(-c2ccc(B3OC(C)(C)C(C)(C)O3)cc2)cc1. The molecule has 0 aliphatic carbocycles. The van der Waals surface area contributed by atoms with Crippen molar-refractivity contribution in [3.05, 3.63) is 48.5 Å². The maximum absolute atomic E-state index is 12.0. The first-order valence-electron chi connectivity index (χ1n) is 9.00. The highest BCUT2D eigenvalue weighted by Gasteiger charge is 2.51. The molecule has 1 aliphatic heterocycles. The summed E-state index contributed by atoms with van der Waals surface area (Å²) in [6.07, 6.45) is 1.58. The van der Waals surface area contributed by atoms with Crippen LogP contribution in [0.1, 0.15) is 27.7 Å². The third-order valence-electron chi connectivity index (χ3n) is 5.30. The quantitative estimate of drug-likeness (QED) is 0.818. The maximum Gasteiger partial charge on any atom is 0.494 e. The van der Waals surface area contributed by atoms with E-state index in [1.54, 1.807) is 13.3 Å². The van der Waals surface area contributed by atoms with Gasteiger partial charge in [-0.25, -0.2) is 8.93 Å². The van der Waals surface area contributed by atoms with Crippen LogP contribution in [-0.4, -0.2) is 35.8 Å². The Hall–Kier alpha value is -1.67. The molecule has 1 aliphatic rings. The van der Waals surface area contributed by atoms with Gasteiger partial charge in [0.2, 0.25) is 0 Å². The van der Waals surface area contributed by atoms with Crippen molar-refractivity contribution < 1.29 is 13.5 Å². The van der Waals surface area contributed by atoms with Crippen LogP contribution in [0.4, 0.5) is 5.69 Å². The lowest BCUT2D eigenvalue weighted by Crippen LogP contribution is -2.41. The number of nitrogens with zero attached hydrogens (tertiary/aromatic N) is 1. The van der Waals surface area contributed by atoms with Crippen molar-refractivity contribution in [2.24, 2.45) is 4.36 Å². The van der Waals surface area contributed by atoms with Crippen molar-refractivity contribution in [3.63, 3.8) is 0 Å². The summed E-state index contributed by atoms with van der Waals surface area (Å²) in [5, 5.41) is 0. The molecule has 1 atom stereocenters. The third-order valence-corrected chi connectivity index (χ3v) is 6.61. The van der Waals surface area contributed by atoms with Gasteiger partial charge in [-0.2, -0.15) is 4.36 Å². The molecule has 1 heterocycles. The molecule has 0 amide bonds. The molecule has 1 saturated heterocycles. The molecular formula is C20H27BN2O3S. The van der Waals surface area contributed by atoms with Gasteiger partial charge in [0.05, 0.1) is 16.9 Å². The summed E-state index contributed by atoms with van der Waals surface area (Å²) in [5.41, 5.74) is 3.16. The van der Waals surface area contributed by atoms with E-state index in [1.165, 1.54) is 0 Å². The fourth-order valence-corrected chi connectivity index (χ4v) is 3.39. The molecule has 144 valence electrons. The van der Waals surface area contributed by atoms with Crippen molar-refractivity contribution in [3.8, 4) is 11.1 Å². The van der Waals surface area contributed by atoms with Gasteiger partial charge in [0.1, 0.15) is 9.92 Å². The minimum absolute atomic E-state index is 0.346. The van der Waals surface area contributed by atoms with Gasteiger partial charge in [-0.15, -0.1) is 0 Å². The second-order valence-corrected chi connectivity index (χ2v) is 10.1. The van der Waals surface area contributed by atoms with Crippen LogP contribution in [0.15, 0.2) is 52.9 Å². The largest absolute Gasteiger partial charge is 0.494 e. The van der Waals surface area contributed by atoms with Gasteiger partial charge in [-0.05, 0) is 63.5 Å². The zero-order valence-electron chi connectivity index (χ0n) is 16.8. The Labute approximate surface area is 162 Å². The van der Waals surface area contributed by atoms with Gasteiger partial charge >= 0.3 is 7.12 Å². The van der Waals surface area contributed by atoms with E-state index in [9.17, 15) is 4.21 Å². The normalized spacial score (nSPS) is 20.3. The Balaban J connectivity index is 1.79. The van der Waals surface area contributed by atoms with E-state index in [1.807, 2.05) is 36.4 Å². The fourth-order valence-electron chi connectivity index (χ4n) is 2.77. The maximum atomic E-state index is 12.0. The van der Waals surface area contributed by atoms with Crippen molar-refractivity contribution in [1.82, 2.24) is 4.72 Å². The minimum Gasteiger partial charge on any atom is -0.399 e. The fraction of sp³-hybridized carbons (Fsp3) is 0.400. The molecule has 0 aromatic heterocycles. The van der Waals surface area contributed by atoms with Crippen LogP contribution in [0.25, 0.3) is 11.1 Å². The summed E-state index contributed by atoms with van der Waals surface area (Å²) in [4.78, 5) is 0. The molecule has 0 radical (unpaired) electrons. The highest BCUT2D eigenvalue weighted by molar-refractivity contribution is 7.91. The van der Waals surface area contributed by atoms with Gasteiger partial charge in [0.25, 0.3) is 0 Å². The predicted octanol–water partition coefficient (Wildman–Crippen LogP) is 3.52. The van der Waals surface area contributed by atoms with E-state index in [4.69, 9.17) is 9.31 Å². The summed E-state index contributed by atoms with van der Waals surface area (Å²) in [6.45, 7) is 8.21. The summed E-state index contributed by atoms with van der Waals surface area (Å²) >= 11 is 0. The summed E-state index contributed by atoms with van der Waals surface area (Å²) in [5.74, 6) is 0. The first-order chi connectivity index (χ1) is 12.5. The summed E-state index contributed by atoms with van der Waals surface area (Å²) < 4.78 is 31.2. The Morgan fingerprint density at radius 3 is 1.78 bits per heavy atom. The monoisotopic (exact) mass is 386 g/mol. The molecule has 0 spiro atoms.